The van der Waals surface area contributed by atoms with Crippen LogP contribution in [-0.2, 0) is 6.54 Å². The molecule has 0 heterocycles. The molecule has 1 N–H and O–H groups in total. The molecule has 0 aliphatic rings. The highest BCUT2D eigenvalue weighted by atomic mass is 35.5. The normalized spacial score (nSPS) is 14.9. The molecule has 1 aromatic carbocycles. The fourth-order valence-corrected chi connectivity index (χ4v) is 1.99. The SMILES string of the molecule is CC(Cl)CC(C)NCc1cccc(Cl)c1. The average Bonchev–Trinajstić information content (AvgIpc) is 2.14. The predicted molar refractivity (Wildman–Crippen MR) is 67.7 cm³/mol. The molecule has 3 heteroatoms. The molecular formula is C12H17Cl2N. The molecule has 0 saturated heterocycles. The first kappa shape index (κ1) is 12.8. The number of hydrogen-bond acceptors (Lipinski definition) is 1. The van der Waals surface area contributed by atoms with Crippen molar-refractivity contribution < 1.29 is 0 Å². The zero-order valence-electron chi connectivity index (χ0n) is 9.13. The van der Waals surface area contributed by atoms with E-state index < -0.39 is 0 Å². The third kappa shape index (κ3) is 5.41. The summed E-state index contributed by atoms with van der Waals surface area (Å²) >= 11 is 11.8. The van der Waals surface area contributed by atoms with Gasteiger partial charge in [-0.2, -0.15) is 0 Å². The molecule has 2 unspecified atom stereocenters. The molecule has 0 aromatic heterocycles. The van der Waals surface area contributed by atoms with Crippen LogP contribution in [0.4, 0.5) is 0 Å². The molecule has 0 aliphatic heterocycles. The number of benzene rings is 1. The van der Waals surface area contributed by atoms with Crippen LogP contribution in [0.3, 0.4) is 0 Å². The maximum Gasteiger partial charge on any atom is 0.0409 e. The fourth-order valence-electron chi connectivity index (χ4n) is 1.51. The van der Waals surface area contributed by atoms with Crippen molar-refractivity contribution in [3.05, 3.63) is 34.9 Å². The molecule has 84 valence electrons. The van der Waals surface area contributed by atoms with Gasteiger partial charge in [-0.1, -0.05) is 23.7 Å². The van der Waals surface area contributed by atoms with Crippen molar-refractivity contribution in [1.29, 1.82) is 0 Å². The number of rotatable bonds is 5. The highest BCUT2D eigenvalue weighted by Gasteiger charge is 2.05. The smallest absolute Gasteiger partial charge is 0.0409 e. The van der Waals surface area contributed by atoms with Crippen molar-refractivity contribution in [3.63, 3.8) is 0 Å². The van der Waals surface area contributed by atoms with Gasteiger partial charge in [0.15, 0.2) is 0 Å². The number of alkyl halides is 1. The Morgan fingerprint density at radius 1 is 1.33 bits per heavy atom. The Labute approximate surface area is 102 Å². The van der Waals surface area contributed by atoms with E-state index in [9.17, 15) is 0 Å². The molecule has 0 fully saturated rings. The van der Waals surface area contributed by atoms with Gasteiger partial charge in [-0.15, -0.1) is 11.6 Å². The van der Waals surface area contributed by atoms with Gasteiger partial charge in [0.2, 0.25) is 0 Å². The molecule has 1 rings (SSSR count). The van der Waals surface area contributed by atoms with Crippen LogP contribution in [0, 0.1) is 0 Å². The minimum atomic E-state index is 0.215. The van der Waals surface area contributed by atoms with Gasteiger partial charge in [-0.3, -0.25) is 0 Å². The average molecular weight is 246 g/mol. The Morgan fingerprint density at radius 2 is 2.07 bits per heavy atom. The first-order chi connectivity index (χ1) is 7.08. The van der Waals surface area contributed by atoms with Gasteiger partial charge in [0.05, 0.1) is 0 Å². The van der Waals surface area contributed by atoms with Gasteiger partial charge in [-0.25, -0.2) is 0 Å². The molecule has 0 amide bonds. The molecule has 0 radical (unpaired) electrons. The first-order valence-corrected chi connectivity index (χ1v) is 6.01. The van der Waals surface area contributed by atoms with Crippen LogP contribution in [0.1, 0.15) is 25.8 Å². The minimum absolute atomic E-state index is 0.215. The van der Waals surface area contributed by atoms with E-state index in [0.29, 0.717) is 6.04 Å². The molecule has 1 aromatic rings. The van der Waals surface area contributed by atoms with Gasteiger partial charge in [-0.05, 0) is 38.0 Å². The predicted octanol–water partition coefficient (Wildman–Crippen LogP) is 3.84. The first-order valence-electron chi connectivity index (χ1n) is 5.20. The lowest BCUT2D eigenvalue weighted by atomic mass is 10.1. The van der Waals surface area contributed by atoms with E-state index >= 15 is 0 Å². The van der Waals surface area contributed by atoms with Crippen molar-refractivity contribution in [2.24, 2.45) is 0 Å². The molecule has 1 nitrogen and oxygen atoms in total. The van der Waals surface area contributed by atoms with E-state index in [0.717, 1.165) is 18.0 Å². The van der Waals surface area contributed by atoms with Crippen LogP contribution in [0.5, 0.6) is 0 Å². The Bertz CT molecular complexity index is 299. The van der Waals surface area contributed by atoms with Crippen molar-refractivity contribution in [1.82, 2.24) is 5.32 Å². The third-order valence-electron chi connectivity index (χ3n) is 2.22. The molecule has 0 saturated carbocycles. The second kappa shape index (κ2) is 6.37. The van der Waals surface area contributed by atoms with E-state index in [-0.39, 0.29) is 5.38 Å². The summed E-state index contributed by atoms with van der Waals surface area (Å²) in [6.45, 7) is 4.99. The highest BCUT2D eigenvalue weighted by molar-refractivity contribution is 6.30. The van der Waals surface area contributed by atoms with E-state index in [1.165, 1.54) is 5.56 Å². The second-order valence-corrected chi connectivity index (χ2v) is 5.11. The van der Waals surface area contributed by atoms with Gasteiger partial charge in [0, 0.05) is 23.0 Å². The van der Waals surface area contributed by atoms with E-state index in [1.807, 2.05) is 25.1 Å². The largest absolute Gasteiger partial charge is 0.310 e. The molecule has 0 spiro atoms. The van der Waals surface area contributed by atoms with Crippen LogP contribution < -0.4 is 5.32 Å². The van der Waals surface area contributed by atoms with Crippen LogP contribution in [0.2, 0.25) is 5.02 Å². The Kier molecular flexibility index (Phi) is 5.44. The summed E-state index contributed by atoms with van der Waals surface area (Å²) in [5.74, 6) is 0. The van der Waals surface area contributed by atoms with Crippen molar-refractivity contribution >= 4 is 23.2 Å². The van der Waals surface area contributed by atoms with Crippen LogP contribution >= 0.6 is 23.2 Å². The third-order valence-corrected chi connectivity index (χ3v) is 2.64. The van der Waals surface area contributed by atoms with Crippen molar-refractivity contribution in [2.45, 2.75) is 38.2 Å². The second-order valence-electron chi connectivity index (χ2n) is 3.93. The quantitative estimate of drug-likeness (QED) is 0.778. The molecular weight excluding hydrogens is 229 g/mol. The molecule has 15 heavy (non-hydrogen) atoms. The minimum Gasteiger partial charge on any atom is -0.310 e. The monoisotopic (exact) mass is 245 g/mol. The summed E-state index contributed by atoms with van der Waals surface area (Å²) in [5.41, 5.74) is 1.21. The summed E-state index contributed by atoms with van der Waals surface area (Å²) < 4.78 is 0. The topological polar surface area (TPSA) is 12.0 Å². The van der Waals surface area contributed by atoms with Crippen molar-refractivity contribution in [2.75, 3.05) is 0 Å². The van der Waals surface area contributed by atoms with Crippen molar-refractivity contribution in [3.8, 4) is 0 Å². The lowest BCUT2D eigenvalue weighted by Crippen LogP contribution is -2.27. The number of nitrogens with one attached hydrogen (secondary N) is 1. The molecule has 0 bridgehead atoms. The Balaban J connectivity index is 2.36. The Hall–Kier alpha value is -0.240. The zero-order chi connectivity index (χ0) is 11.3. The van der Waals surface area contributed by atoms with Gasteiger partial charge >= 0.3 is 0 Å². The Morgan fingerprint density at radius 3 is 2.67 bits per heavy atom. The summed E-state index contributed by atoms with van der Waals surface area (Å²) in [7, 11) is 0. The maximum atomic E-state index is 5.92. The zero-order valence-corrected chi connectivity index (χ0v) is 10.6. The fraction of sp³-hybridized carbons (Fsp3) is 0.500. The van der Waals surface area contributed by atoms with Gasteiger partial charge in [0.1, 0.15) is 0 Å². The molecule has 0 aliphatic carbocycles. The maximum absolute atomic E-state index is 5.92. The molecule has 2 atom stereocenters. The van der Waals surface area contributed by atoms with E-state index in [1.54, 1.807) is 0 Å². The van der Waals surface area contributed by atoms with Crippen LogP contribution in [-0.4, -0.2) is 11.4 Å². The number of hydrogen-bond donors (Lipinski definition) is 1. The number of halogens is 2. The summed E-state index contributed by atoms with van der Waals surface area (Å²) in [6.07, 6.45) is 0.974. The highest BCUT2D eigenvalue weighted by Crippen LogP contribution is 2.11. The summed E-state index contributed by atoms with van der Waals surface area (Å²) in [4.78, 5) is 0. The lowest BCUT2D eigenvalue weighted by molar-refractivity contribution is 0.511. The van der Waals surface area contributed by atoms with Gasteiger partial charge < -0.3 is 5.32 Å². The van der Waals surface area contributed by atoms with Gasteiger partial charge in [0.25, 0.3) is 0 Å². The lowest BCUT2D eigenvalue weighted by Gasteiger charge is -2.14. The van der Waals surface area contributed by atoms with E-state index in [4.69, 9.17) is 23.2 Å². The van der Waals surface area contributed by atoms with Crippen LogP contribution in [0.25, 0.3) is 0 Å². The van der Waals surface area contributed by atoms with Crippen LogP contribution in [0.15, 0.2) is 24.3 Å². The standard InChI is InChI=1S/C12H17Cl2N/c1-9(13)6-10(2)15-8-11-4-3-5-12(14)7-11/h3-5,7,9-10,15H,6,8H2,1-2H3. The summed E-state index contributed by atoms with van der Waals surface area (Å²) in [6, 6.07) is 8.32. The van der Waals surface area contributed by atoms with E-state index in [2.05, 4.69) is 18.3 Å². The summed E-state index contributed by atoms with van der Waals surface area (Å²) in [5, 5.41) is 4.41.